The lowest BCUT2D eigenvalue weighted by Crippen LogP contribution is -2.30. The highest BCUT2D eigenvalue weighted by molar-refractivity contribution is 5.94. The van der Waals surface area contributed by atoms with E-state index in [1.807, 2.05) is 11.8 Å². The number of alkyl halides is 3. The standard InChI is InChI=1S/C18H25F3N2O2/c1-2-25-12-6-7-17(24)22-15-13-14(18(19,20)21)8-9-16(15)23-10-4-3-5-11-23/h8-9,13H,2-7,10-12H2,1H3,(H,22,24). The summed E-state index contributed by atoms with van der Waals surface area (Å²) < 4.78 is 44.3. The van der Waals surface area contributed by atoms with E-state index in [0.29, 0.717) is 25.3 Å². The SMILES string of the molecule is CCOCCCC(=O)Nc1cc(C(F)(F)F)ccc1N1CCCCC1. The van der Waals surface area contributed by atoms with Gasteiger partial charge in [-0.05, 0) is 50.8 Å². The van der Waals surface area contributed by atoms with Gasteiger partial charge < -0.3 is 15.0 Å². The molecule has 1 aromatic rings. The fourth-order valence-electron chi connectivity index (χ4n) is 2.91. The number of nitrogens with zero attached hydrogens (tertiary/aromatic N) is 1. The minimum Gasteiger partial charge on any atom is -0.382 e. The van der Waals surface area contributed by atoms with Gasteiger partial charge >= 0.3 is 6.18 Å². The van der Waals surface area contributed by atoms with Gasteiger partial charge in [0.05, 0.1) is 16.9 Å². The van der Waals surface area contributed by atoms with Crippen molar-refractivity contribution >= 4 is 17.3 Å². The molecule has 0 aliphatic carbocycles. The molecule has 4 nitrogen and oxygen atoms in total. The van der Waals surface area contributed by atoms with Crippen LogP contribution >= 0.6 is 0 Å². The minimum atomic E-state index is -4.44. The van der Waals surface area contributed by atoms with Crippen LogP contribution in [0.15, 0.2) is 18.2 Å². The number of halogens is 3. The summed E-state index contributed by atoms with van der Waals surface area (Å²) in [7, 11) is 0. The van der Waals surface area contributed by atoms with Crippen LogP contribution in [0.5, 0.6) is 0 Å². The van der Waals surface area contributed by atoms with Crippen LogP contribution in [0.4, 0.5) is 24.5 Å². The number of ether oxygens (including phenoxy) is 1. The summed E-state index contributed by atoms with van der Waals surface area (Å²) in [5.41, 5.74) is 0.141. The average molecular weight is 358 g/mol. The second-order valence-corrected chi connectivity index (χ2v) is 6.13. The Morgan fingerprint density at radius 1 is 1.24 bits per heavy atom. The van der Waals surface area contributed by atoms with Crippen molar-refractivity contribution in [2.45, 2.75) is 45.2 Å². The quantitative estimate of drug-likeness (QED) is 0.732. The Bertz CT molecular complexity index is 570. The number of nitrogens with one attached hydrogen (secondary N) is 1. The molecule has 1 N–H and O–H groups in total. The highest BCUT2D eigenvalue weighted by atomic mass is 19.4. The van der Waals surface area contributed by atoms with Gasteiger partial charge in [-0.2, -0.15) is 13.2 Å². The van der Waals surface area contributed by atoms with E-state index in [4.69, 9.17) is 4.74 Å². The Kier molecular flexibility index (Phi) is 7.11. The molecule has 2 rings (SSSR count). The van der Waals surface area contributed by atoms with Crippen LogP contribution in [0.3, 0.4) is 0 Å². The Labute approximate surface area is 146 Å². The van der Waals surface area contributed by atoms with E-state index in [2.05, 4.69) is 5.32 Å². The average Bonchev–Trinajstić information content (AvgIpc) is 2.59. The lowest BCUT2D eigenvalue weighted by molar-refractivity contribution is -0.137. The molecule has 1 aliphatic rings. The first-order valence-electron chi connectivity index (χ1n) is 8.75. The van der Waals surface area contributed by atoms with Gasteiger partial charge in [0.15, 0.2) is 0 Å². The van der Waals surface area contributed by atoms with E-state index in [9.17, 15) is 18.0 Å². The highest BCUT2D eigenvalue weighted by Crippen LogP contribution is 2.36. The first-order valence-corrected chi connectivity index (χ1v) is 8.75. The maximum atomic E-state index is 13.0. The van der Waals surface area contributed by atoms with Crippen LogP contribution < -0.4 is 10.2 Å². The number of hydrogen-bond acceptors (Lipinski definition) is 3. The van der Waals surface area contributed by atoms with Crippen molar-refractivity contribution in [3.63, 3.8) is 0 Å². The lowest BCUT2D eigenvalue weighted by atomic mass is 10.1. The minimum absolute atomic E-state index is 0.218. The van der Waals surface area contributed by atoms with E-state index in [1.165, 1.54) is 6.07 Å². The molecule has 0 atom stereocenters. The van der Waals surface area contributed by atoms with E-state index >= 15 is 0 Å². The molecule has 1 aliphatic heterocycles. The van der Waals surface area contributed by atoms with Gasteiger partial charge in [-0.1, -0.05) is 0 Å². The molecule has 0 spiro atoms. The molecule has 0 bridgehead atoms. The van der Waals surface area contributed by atoms with Crippen LogP contribution in [-0.2, 0) is 15.7 Å². The summed E-state index contributed by atoms with van der Waals surface area (Å²) in [6, 6.07) is 3.57. The second kappa shape index (κ2) is 9.08. The third-order valence-electron chi connectivity index (χ3n) is 4.19. The van der Waals surface area contributed by atoms with Gasteiger partial charge in [-0.25, -0.2) is 0 Å². The Hall–Kier alpha value is -1.76. The number of piperidine rings is 1. The Morgan fingerprint density at radius 3 is 2.60 bits per heavy atom. The van der Waals surface area contributed by atoms with Crippen molar-refractivity contribution < 1.29 is 22.7 Å². The first kappa shape index (κ1) is 19.6. The molecule has 0 unspecified atom stereocenters. The summed E-state index contributed by atoms with van der Waals surface area (Å²) in [4.78, 5) is 14.1. The van der Waals surface area contributed by atoms with Gasteiger partial charge in [0, 0.05) is 32.7 Å². The number of carbonyl (C=O) groups is 1. The number of hydrogen-bond donors (Lipinski definition) is 1. The molecule has 0 aromatic heterocycles. The molecular weight excluding hydrogens is 333 g/mol. The summed E-state index contributed by atoms with van der Waals surface area (Å²) in [5.74, 6) is -0.294. The summed E-state index contributed by atoms with van der Waals surface area (Å²) >= 11 is 0. The van der Waals surface area contributed by atoms with Crippen LogP contribution in [-0.4, -0.2) is 32.2 Å². The third-order valence-corrected chi connectivity index (χ3v) is 4.19. The maximum Gasteiger partial charge on any atom is 0.416 e. The molecule has 140 valence electrons. The highest BCUT2D eigenvalue weighted by Gasteiger charge is 2.31. The smallest absolute Gasteiger partial charge is 0.382 e. The fourth-order valence-corrected chi connectivity index (χ4v) is 2.91. The molecular formula is C18H25F3N2O2. The molecule has 1 fully saturated rings. The normalized spacial score (nSPS) is 15.3. The third kappa shape index (κ3) is 5.92. The number of rotatable bonds is 7. The molecule has 0 radical (unpaired) electrons. The topological polar surface area (TPSA) is 41.6 Å². The van der Waals surface area contributed by atoms with E-state index in [0.717, 1.165) is 44.5 Å². The van der Waals surface area contributed by atoms with Crippen LogP contribution in [0.1, 0.15) is 44.6 Å². The molecule has 1 saturated heterocycles. The molecule has 1 aromatic carbocycles. The monoisotopic (exact) mass is 358 g/mol. The molecule has 0 saturated carbocycles. The molecule has 1 heterocycles. The lowest BCUT2D eigenvalue weighted by Gasteiger charge is -2.31. The van der Waals surface area contributed by atoms with Crippen LogP contribution in [0.2, 0.25) is 0 Å². The summed E-state index contributed by atoms with van der Waals surface area (Å²) in [5, 5.41) is 2.66. The maximum absolute atomic E-state index is 13.0. The largest absolute Gasteiger partial charge is 0.416 e. The van der Waals surface area contributed by atoms with Crippen molar-refractivity contribution in [3.8, 4) is 0 Å². The van der Waals surface area contributed by atoms with Crippen molar-refractivity contribution in [3.05, 3.63) is 23.8 Å². The number of benzene rings is 1. The summed E-state index contributed by atoms with van der Waals surface area (Å²) in [6.07, 6.45) is -0.552. The van der Waals surface area contributed by atoms with Crippen molar-refractivity contribution in [2.75, 3.05) is 36.5 Å². The fraction of sp³-hybridized carbons (Fsp3) is 0.611. The molecule has 7 heteroatoms. The van der Waals surface area contributed by atoms with Gasteiger partial charge in [0.2, 0.25) is 5.91 Å². The number of amides is 1. The van der Waals surface area contributed by atoms with Crippen molar-refractivity contribution in [1.82, 2.24) is 0 Å². The van der Waals surface area contributed by atoms with E-state index in [1.54, 1.807) is 0 Å². The number of anilines is 2. The summed E-state index contributed by atoms with van der Waals surface area (Å²) in [6.45, 7) is 4.49. The zero-order valence-electron chi connectivity index (χ0n) is 14.5. The van der Waals surface area contributed by atoms with Crippen LogP contribution in [0, 0.1) is 0 Å². The predicted octanol–water partition coefficient (Wildman–Crippen LogP) is 4.45. The van der Waals surface area contributed by atoms with Crippen molar-refractivity contribution in [1.29, 1.82) is 0 Å². The van der Waals surface area contributed by atoms with Gasteiger partial charge in [0.1, 0.15) is 0 Å². The Balaban J connectivity index is 2.14. The van der Waals surface area contributed by atoms with Gasteiger partial charge in [-0.15, -0.1) is 0 Å². The van der Waals surface area contributed by atoms with Gasteiger partial charge in [0.25, 0.3) is 0 Å². The van der Waals surface area contributed by atoms with Gasteiger partial charge in [-0.3, -0.25) is 4.79 Å². The zero-order chi connectivity index (χ0) is 18.3. The molecule has 1 amide bonds. The van der Waals surface area contributed by atoms with E-state index in [-0.39, 0.29) is 18.0 Å². The zero-order valence-corrected chi connectivity index (χ0v) is 14.5. The number of carbonyl (C=O) groups excluding carboxylic acids is 1. The predicted molar refractivity (Wildman–Crippen MR) is 91.9 cm³/mol. The molecule has 25 heavy (non-hydrogen) atoms. The second-order valence-electron chi connectivity index (χ2n) is 6.13. The van der Waals surface area contributed by atoms with Crippen molar-refractivity contribution in [2.24, 2.45) is 0 Å². The van der Waals surface area contributed by atoms with Crippen LogP contribution in [0.25, 0.3) is 0 Å². The van der Waals surface area contributed by atoms with E-state index < -0.39 is 11.7 Å². The first-order chi connectivity index (χ1) is 11.9. The Morgan fingerprint density at radius 2 is 1.96 bits per heavy atom.